The van der Waals surface area contributed by atoms with Crippen molar-refractivity contribution in [3.05, 3.63) is 71.8 Å². The number of anilines is 2. The van der Waals surface area contributed by atoms with Crippen LogP contribution in [0.15, 0.2) is 60.7 Å². The average Bonchev–Trinajstić information content (AvgIpc) is 3.61. The van der Waals surface area contributed by atoms with Gasteiger partial charge in [0.2, 0.25) is 23.6 Å². The number of nitrogens with two attached hydrogens (primary N) is 2. The standard InChI is InChI=1S/2C14H16N2O6S.C4H4O4/c2*15-11-6-4-10(5-7-11)2-1-3-14(19)22-23(20,21)16-12(17)8-9-13(16)18;5-3(6)1-2-4(7)8/h2*4-7H,1-3,8-9,15H2;1-2H,(H,5,6)(H,7,8)/b;;2-1-. The number of carboxylic acid groups (broad SMARTS) is 2. The second kappa shape index (κ2) is 20.2. The summed E-state index contributed by atoms with van der Waals surface area (Å²) >= 11 is 0. The molecule has 0 aliphatic carbocycles. The first-order chi connectivity index (χ1) is 25.2. The number of benzene rings is 2. The van der Waals surface area contributed by atoms with Gasteiger partial charge in [-0.1, -0.05) is 24.3 Å². The van der Waals surface area contributed by atoms with Gasteiger partial charge >= 0.3 is 44.5 Å². The molecular weight excluding hydrogens is 760 g/mol. The summed E-state index contributed by atoms with van der Waals surface area (Å²) in [5, 5.41) is 15.6. The Bertz CT molecular complexity index is 1820. The predicted octanol–water partition coefficient (Wildman–Crippen LogP) is 0.769. The SMILES string of the molecule is Nc1ccc(CCCC(=O)OS(=O)(=O)N2C(=O)CCC2=O)cc1.Nc1ccc(CCCC(=O)OS(=O)(=O)N2C(=O)CCC2=O)cc1.O=C(O)/C=C\C(=O)O. The normalized spacial score (nSPS) is 14.2. The number of nitrogen functional groups attached to an aromatic ring is 2. The van der Waals surface area contributed by atoms with E-state index in [0.29, 0.717) is 49.2 Å². The maximum Gasteiger partial charge on any atom is 0.421 e. The third-order valence-electron chi connectivity index (χ3n) is 6.88. The lowest BCUT2D eigenvalue weighted by molar-refractivity contribution is -0.138. The number of amides is 4. The Hall–Kier alpha value is -6.16. The van der Waals surface area contributed by atoms with Crippen LogP contribution >= 0.6 is 0 Å². The van der Waals surface area contributed by atoms with Gasteiger partial charge in [0, 0.05) is 62.1 Å². The number of carboxylic acids is 2. The van der Waals surface area contributed by atoms with Gasteiger partial charge in [-0.25, -0.2) is 9.59 Å². The molecule has 20 nitrogen and oxygen atoms in total. The third kappa shape index (κ3) is 14.8. The van der Waals surface area contributed by atoms with Gasteiger partial charge in [0.25, 0.3) is 0 Å². The second-order valence-corrected chi connectivity index (χ2v) is 13.9. The van der Waals surface area contributed by atoms with Crippen LogP contribution in [0.2, 0.25) is 0 Å². The molecular formula is C32H36N4O16S2. The van der Waals surface area contributed by atoms with Gasteiger partial charge in [0.1, 0.15) is 0 Å². The molecule has 22 heteroatoms. The number of carbonyl (C=O) groups is 8. The van der Waals surface area contributed by atoms with E-state index < -0.39 is 68.1 Å². The second-order valence-electron chi connectivity index (χ2n) is 11.1. The highest BCUT2D eigenvalue weighted by Gasteiger charge is 2.42. The molecule has 0 bridgehead atoms. The molecule has 6 N–H and O–H groups in total. The highest BCUT2D eigenvalue weighted by molar-refractivity contribution is 7.86. The number of carbonyl (C=O) groups excluding carboxylic acids is 6. The molecule has 2 aliphatic rings. The van der Waals surface area contributed by atoms with Crippen LogP contribution in [0, 0.1) is 0 Å². The molecule has 0 unspecified atom stereocenters. The van der Waals surface area contributed by atoms with Gasteiger partial charge in [-0.15, -0.1) is 8.61 Å². The van der Waals surface area contributed by atoms with E-state index in [4.69, 9.17) is 21.7 Å². The maximum atomic E-state index is 11.8. The molecule has 54 heavy (non-hydrogen) atoms. The molecule has 4 rings (SSSR count). The molecule has 2 aromatic carbocycles. The quantitative estimate of drug-likeness (QED) is 0.116. The largest absolute Gasteiger partial charge is 0.478 e. The summed E-state index contributed by atoms with van der Waals surface area (Å²) in [6, 6.07) is 14.1. The van der Waals surface area contributed by atoms with E-state index in [9.17, 15) is 55.2 Å². The van der Waals surface area contributed by atoms with Gasteiger partial charge in [0.05, 0.1) is 0 Å². The summed E-state index contributed by atoms with van der Waals surface area (Å²) < 4.78 is 55.7. The van der Waals surface area contributed by atoms with Crippen molar-refractivity contribution >= 4 is 79.5 Å². The van der Waals surface area contributed by atoms with Crippen LogP contribution in [0.5, 0.6) is 0 Å². The molecule has 2 heterocycles. The molecule has 0 spiro atoms. The van der Waals surface area contributed by atoms with Crippen molar-refractivity contribution in [2.75, 3.05) is 11.5 Å². The summed E-state index contributed by atoms with van der Waals surface area (Å²) in [5.74, 6) is -8.07. The molecule has 0 aromatic heterocycles. The van der Waals surface area contributed by atoms with E-state index in [2.05, 4.69) is 8.37 Å². The fourth-order valence-corrected chi connectivity index (χ4v) is 6.54. The highest BCUT2D eigenvalue weighted by atomic mass is 32.2. The zero-order valence-electron chi connectivity index (χ0n) is 28.3. The summed E-state index contributed by atoms with van der Waals surface area (Å²) in [4.78, 5) is 87.8. The third-order valence-corrected chi connectivity index (χ3v) is 9.38. The van der Waals surface area contributed by atoms with Crippen LogP contribution in [-0.2, 0) is 80.2 Å². The zero-order valence-corrected chi connectivity index (χ0v) is 30.0. The minimum Gasteiger partial charge on any atom is -0.478 e. The first kappa shape index (κ1) is 44.0. The van der Waals surface area contributed by atoms with Crippen molar-refractivity contribution in [3.8, 4) is 0 Å². The van der Waals surface area contributed by atoms with Crippen LogP contribution in [-0.4, -0.2) is 83.2 Å². The molecule has 4 amide bonds. The molecule has 0 radical (unpaired) electrons. The van der Waals surface area contributed by atoms with E-state index in [1.165, 1.54) is 0 Å². The number of hydrogen-bond acceptors (Lipinski definition) is 16. The fourth-order valence-electron chi connectivity index (χ4n) is 4.39. The molecule has 2 fully saturated rings. The van der Waals surface area contributed by atoms with E-state index in [-0.39, 0.29) is 47.1 Å². The van der Waals surface area contributed by atoms with E-state index in [1.807, 2.05) is 0 Å². The Kier molecular flexibility index (Phi) is 16.4. The van der Waals surface area contributed by atoms with Crippen LogP contribution in [0.4, 0.5) is 11.4 Å². The van der Waals surface area contributed by atoms with Crippen molar-refractivity contribution in [1.82, 2.24) is 8.61 Å². The lowest BCUT2D eigenvalue weighted by Crippen LogP contribution is -2.37. The highest BCUT2D eigenvalue weighted by Crippen LogP contribution is 2.20. The Morgan fingerprint density at radius 1 is 0.574 bits per heavy atom. The number of rotatable bonds is 14. The van der Waals surface area contributed by atoms with E-state index in [0.717, 1.165) is 11.1 Å². The van der Waals surface area contributed by atoms with Crippen molar-refractivity contribution in [2.45, 2.75) is 64.2 Å². The fraction of sp³-hybridized carbons (Fsp3) is 0.312. The molecule has 2 saturated heterocycles. The number of aliphatic carboxylic acids is 2. The molecule has 2 aliphatic heterocycles. The van der Waals surface area contributed by atoms with Gasteiger partial charge < -0.3 is 30.0 Å². The van der Waals surface area contributed by atoms with Crippen LogP contribution in [0.1, 0.15) is 62.5 Å². The lowest BCUT2D eigenvalue weighted by atomic mass is 10.1. The number of imide groups is 2. The molecule has 2 aromatic rings. The molecule has 0 saturated carbocycles. The zero-order chi connectivity index (χ0) is 40.6. The predicted molar refractivity (Wildman–Crippen MR) is 184 cm³/mol. The lowest BCUT2D eigenvalue weighted by Gasteiger charge is -2.13. The van der Waals surface area contributed by atoms with Crippen molar-refractivity contribution in [2.24, 2.45) is 0 Å². The monoisotopic (exact) mass is 796 g/mol. The Morgan fingerprint density at radius 3 is 1.11 bits per heavy atom. The van der Waals surface area contributed by atoms with Crippen molar-refractivity contribution < 1.29 is 73.8 Å². The summed E-state index contributed by atoms with van der Waals surface area (Å²) in [7, 11) is -9.38. The summed E-state index contributed by atoms with van der Waals surface area (Å²) in [5.41, 5.74) is 14.2. The van der Waals surface area contributed by atoms with Crippen LogP contribution in [0.3, 0.4) is 0 Å². The Labute approximate surface area is 308 Å². The first-order valence-corrected chi connectivity index (χ1v) is 18.4. The van der Waals surface area contributed by atoms with Crippen molar-refractivity contribution in [1.29, 1.82) is 0 Å². The molecule has 0 atom stereocenters. The summed E-state index contributed by atoms with van der Waals surface area (Å²) in [6.07, 6.45) is 1.80. The maximum absolute atomic E-state index is 11.8. The minimum absolute atomic E-state index is 0.0187. The Balaban J connectivity index is 0.000000312. The Morgan fingerprint density at radius 2 is 0.852 bits per heavy atom. The minimum atomic E-state index is -4.69. The number of hydrogen-bond donors (Lipinski definition) is 4. The first-order valence-electron chi connectivity index (χ1n) is 15.7. The average molecular weight is 797 g/mol. The van der Waals surface area contributed by atoms with Gasteiger partial charge in [-0.05, 0) is 61.1 Å². The number of nitrogens with zero attached hydrogens (tertiary/aromatic N) is 2. The van der Waals surface area contributed by atoms with Gasteiger partial charge in [-0.3, -0.25) is 28.8 Å². The molecule has 292 valence electrons. The van der Waals surface area contributed by atoms with Crippen molar-refractivity contribution in [3.63, 3.8) is 0 Å². The van der Waals surface area contributed by atoms with Gasteiger partial charge in [0.15, 0.2) is 0 Å². The topological polar surface area (TPSA) is 322 Å². The smallest absolute Gasteiger partial charge is 0.421 e. The summed E-state index contributed by atoms with van der Waals surface area (Å²) in [6.45, 7) is 0. The van der Waals surface area contributed by atoms with E-state index >= 15 is 0 Å². The van der Waals surface area contributed by atoms with Crippen LogP contribution < -0.4 is 11.5 Å². The van der Waals surface area contributed by atoms with Gasteiger partial charge in [-0.2, -0.15) is 16.8 Å². The van der Waals surface area contributed by atoms with E-state index in [1.54, 1.807) is 48.5 Å². The number of aryl methyl sites for hydroxylation is 2. The van der Waals surface area contributed by atoms with Crippen LogP contribution in [0.25, 0.3) is 0 Å².